The van der Waals surface area contributed by atoms with E-state index < -0.39 is 5.41 Å². The van der Waals surface area contributed by atoms with Gasteiger partial charge < -0.3 is 11.1 Å². The molecular formula is C13H27ClN2O. The summed E-state index contributed by atoms with van der Waals surface area (Å²) in [7, 11) is 0. The maximum atomic E-state index is 11.8. The second-order valence-corrected chi connectivity index (χ2v) is 5.92. The predicted octanol–water partition coefficient (Wildman–Crippen LogP) is 2.34. The molecule has 0 heterocycles. The number of halogens is 1. The molecule has 0 aliphatic heterocycles. The molecule has 0 atom stereocenters. The van der Waals surface area contributed by atoms with Crippen LogP contribution in [0, 0.1) is 17.3 Å². The van der Waals surface area contributed by atoms with E-state index >= 15 is 0 Å². The lowest BCUT2D eigenvalue weighted by Gasteiger charge is -2.28. The van der Waals surface area contributed by atoms with Crippen LogP contribution >= 0.6 is 12.4 Å². The molecule has 1 saturated carbocycles. The van der Waals surface area contributed by atoms with Crippen LogP contribution in [0.3, 0.4) is 0 Å². The fourth-order valence-electron chi connectivity index (χ4n) is 2.10. The summed E-state index contributed by atoms with van der Waals surface area (Å²) in [5.74, 6) is 1.63. The molecule has 0 bridgehead atoms. The van der Waals surface area contributed by atoms with Crippen molar-refractivity contribution in [2.45, 2.75) is 46.5 Å². The third-order valence-electron chi connectivity index (χ3n) is 3.81. The molecular weight excluding hydrogens is 236 g/mol. The van der Waals surface area contributed by atoms with Crippen LogP contribution in [0.25, 0.3) is 0 Å². The summed E-state index contributed by atoms with van der Waals surface area (Å²) in [6, 6.07) is 0. The van der Waals surface area contributed by atoms with E-state index in [4.69, 9.17) is 5.73 Å². The Morgan fingerprint density at radius 3 is 2.29 bits per heavy atom. The van der Waals surface area contributed by atoms with Gasteiger partial charge in [-0.15, -0.1) is 12.4 Å². The highest BCUT2D eigenvalue weighted by molar-refractivity contribution is 5.85. The number of carbonyl (C=O) groups is 1. The molecule has 3 N–H and O–H groups in total. The third kappa shape index (κ3) is 5.26. The Morgan fingerprint density at radius 2 is 1.82 bits per heavy atom. The van der Waals surface area contributed by atoms with Crippen molar-refractivity contribution in [1.29, 1.82) is 0 Å². The minimum atomic E-state index is -0.429. The zero-order valence-corrected chi connectivity index (χ0v) is 12.1. The lowest BCUT2D eigenvalue weighted by Crippen LogP contribution is -2.43. The van der Waals surface area contributed by atoms with Crippen molar-refractivity contribution in [3.63, 3.8) is 0 Å². The van der Waals surface area contributed by atoms with Crippen LogP contribution < -0.4 is 11.1 Å². The molecule has 1 fully saturated rings. The third-order valence-corrected chi connectivity index (χ3v) is 3.81. The van der Waals surface area contributed by atoms with Gasteiger partial charge in [0.05, 0.1) is 5.41 Å². The molecule has 0 aromatic rings. The summed E-state index contributed by atoms with van der Waals surface area (Å²) in [5, 5.41) is 3.04. The zero-order valence-electron chi connectivity index (χ0n) is 11.3. The molecule has 0 unspecified atom stereocenters. The molecule has 1 rings (SSSR count). The topological polar surface area (TPSA) is 55.1 Å². The SMILES string of the molecule is CC1CCC(CNC(=O)C(C)(C)CN)CC1.Cl. The highest BCUT2D eigenvalue weighted by atomic mass is 35.5. The summed E-state index contributed by atoms with van der Waals surface area (Å²) in [4.78, 5) is 11.8. The Labute approximate surface area is 111 Å². The fraction of sp³-hybridized carbons (Fsp3) is 0.923. The van der Waals surface area contributed by atoms with E-state index in [1.165, 1.54) is 25.7 Å². The number of amides is 1. The van der Waals surface area contributed by atoms with Gasteiger partial charge in [0, 0.05) is 13.1 Å². The van der Waals surface area contributed by atoms with E-state index in [-0.39, 0.29) is 18.3 Å². The number of hydrogen-bond acceptors (Lipinski definition) is 2. The number of hydrogen-bond donors (Lipinski definition) is 2. The van der Waals surface area contributed by atoms with E-state index in [1.807, 2.05) is 13.8 Å². The van der Waals surface area contributed by atoms with E-state index in [1.54, 1.807) is 0 Å². The standard InChI is InChI=1S/C13H26N2O.ClH/c1-10-4-6-11(7-5-10)8-15-12(16)13(2,3)9-14;/h10-11H,4-9,14H2,1-3H3,(H,15,16);1H. The number of carbonyl (C=O) groups excluding carboxylic acids is 1. The monoisotopic (exact) mass is 262 g/mol. The normalized spacial score (nSPS) is 24.9. The zero-order chi connectivity index (χ0) is 12.2. The molecule has 1 aliphatic carbocycles. The van der Waals surface area contributed by atoms with Gasteiger partial charge in [0.2, 0.25) is 5.91 Å². The highest BCUT2D eigenvalue weighted by Crippen LogP contribution is 2.27. The van der Waals surface area contributed by atoms with Gasteiger partial charge in [-0.05, 0) is 38.5 Å². The Kier molecular flexibility index (Phi) is 7.10. The van der Waals surface area contributed by atoms with Crippen molar-refractivity contribution in [3.05, 3.63) is 0 Å². The smallest absolute Gasteiger partial charge is 0.226 e. The van der Waals surface area contributed by atoms with Crippen LogP contribution in [-0.4, -0.2) is 19.0 Å². The van der Waals surface area contributed by atoms with E-state index in [9.17, 15) is 4.79 Å². The summed E-state index contributed by atoms with van der Waals surface area (Å²) in [5.41, 5.74) is 5.14. The van der Waals surface area contributed by atoms with Crippen LogP contribution in [0.5, 0.6) is 0 Å². The van der Waals surface area contributed by atoms with Crippen LogP contribution in [0.15, 0.2) is 0 Å². The maximum Gasteiger partial charge on any atom is 0.226 e. The lowest BCUT2D eigenvalue weighted by molar-refractivity contribution is -0.129. The molecule has 0 radical (unpaired) electrons. The van der Waals surface area contributed by atoms with Crippen molar-refractivity contribution in [3.8, 4) is 0 Å². The molecule has 0 spiro atoms. The first-order valence-corrected chi connectivity index (χ1v) is 6.44. The Balaban J connectivity index is 0.00000256. The van der Waals surface area contributed by atoms with Crippen molar-refractivity contribution < 1.29 is 4.79 Å². The van der Waals surface area contributed by atoms with Crippen molar-refractivity contribution in [2.75, 3.05) is 13.1 Å². The van der Waals surface area contributed by atoms with Crippen LogP contribution in [0.4, 0.5) is 0 Å². The predicted molar refractivity (Wildman–Crippen MR) is 74.2 cm³/mol. The van der Waals surface area contributed by atoms with Gasteiger partial charge >= 0.3 is 0 Å². The quantitative estimate of drug-likeness (QED) is 0.817. The summed E-state index contributed by atoms with van der Waals surface area (Å²) < 4.78 is 0. The van der Waals surface area contributed by atoms with Crippen LogP contribution in [-0.2, 0) is 4.79 Å². The molecule has 0 saturated heterocycles. The first-order chi connectivity index (χ1) is 7.45. The average Bonchev–Trinajstić information content (AvgIpc) is 2.28. The molecule has 0 aromatic carbocycles. The van der Waals surface area contributed by atoms with Crippen LogP contribution in [0.2, 0.25) is 0 Å². The van der Waals surface area contributed by atoms with E-state index in [0.29, 0.717) is 12.5 Å². The summed E-state index contributed by atoms with van der Waals surface area (Å²) >= 11 is 0. The van der Waals surface area contributed by atoms with Gasteiger partial charge in [0.25, 0.3) is 0 Å². The first kappa shape index (κ1) is 16.7. The molecule has 1 amide bonds. The summed E-state index contributed by atoms with van der Waals surface area (Å²) in [6.07, 6.45) is 5.12. The summed E-state index contributed by atoms with van der Waals surface area (Å²) in [6.45, 7) is 7.33. The van der Waals surface area contributed by atoms with Crippen molar-refractivity contribution in [1.82, 2.24) is 5.32 Å². The minimum Gasteiger partial charge on any atom is -0.355 e. The van der Waals surface area contributed by atoms with Gasteiger partial charge in [-0.25, -0.2) is 0 Å². The molecule has 0 aromatic heterocycles. The second kappa shape index (κ2) is 7.22. The number of nitrogens with two attached hydrogens (primary N) is 1. The van der Waals surface area contributed by atoms with Gasteiger partial charge in [0.15, 0.2) is 0 Å². The Bertz CT molecular complexity index is 236. The Morgan fingerprint density at radius 1 is 1.29 bits per heavy atom. The van der Waals surface area contributed by atoms with Gasteiger partial charge in [-0.2, -0.15) is 0 Å². The van der Waals surface area contributed by atoms with Crippen LogP contribution in [0.1, 0.15) is 46.5 Å². The lowest BCUT2D eigenvalue weighted by atomic mass is 9.83. The van der Waals surface area contributed by atoms with E-state index in [2.05, 4.69) is 12.2 Å². The second-order valence-electron chi connectivity index (χ2n) is 5.92. The van der Waals surface area contributed by atoms with Crippen molar-refractivity contribution >= 4 is 18.3 Å². The number of rotatable bonds is 4. The molecule has 3 nitrogen and oxygen atoms in total. The minimum absolute atomic E-state index is 0. The van der Waals surface area contributed by atoms with Gasteiger partial charge in [-0.3, -0.25) is 4.79 Å². The molecule has 102 valence electrons. The molecule has 4 heteroatoms. The van der Waals surface area contributed by atoms with Gasteiger partial charge in [0.1, 0.15) is 0 Å². The van der Waals surface area contributed by atoms with Crippen molar-refractivity contribution in [2.24, 2.45) is 23.0 Å². The molecule has 17 heavy (non-hydrogen) atoms. The first-order valence-electron chi connectivity index (χ1n) is 6.44. The van der Waals surface area contributed by atoms with E-state index in [0.717, 1.165) is 12.5 Å². The highest BCUT2D eigenvalue weighted by Gasteiger charge is 2.26. The molecule has 1 aliphatic rings. The number of nitrogens with one attached hydrogen (secondary N) is 1. The average molecular weight is 263 g/mol. The fourth-order valence-corrected chi connectivity index (χ4v) is 2.10. The Hall–Kier alpha value is -0.280. The maximum absolute atomic E-state index is 11.8. The largest absolute Gasteiger partial charge is 0.355 e. The van der Waals surface area contributed by atoms with Gasteiger partial charge in [-0.1, -0.05) is 19.8 Å².